The highest BCUT2D eigenvalue weighted by Crippen LogP contribution is 2.15. The highest BCUT2D eigenvalue weighted by atomic mass is 16.7. The van der Waals surface area contributed by atoms with Gasteiger partial charge in [0.15, 0.2) is 0 Å². The number of carbonyl (C=O) groups is 1. The van der Waals surface area contributed by atoms with Gasteiger partial charge in [-0.25, -0.2) is 4.79 Å². The molecule has 2 aromatic carbocycles. The van der Waals surface area contributed by atoms with Crippen molar-refractivity contribution in [3.63, 3.8) is 0 Å². The van der Waals surface area contributed by atoms with Gasteiger partial charge < -0.3 is 14.8 Å². The van der Waals surface area contributed by atoms with Gasteiger partial charge in [0, 0.05) is 70.6 Å². The molecule has 0 aliphatic heterocycles. The molecule has 2 rings (SSSR count). The molecule has 2 aromatic rings. The van der Waals surface area contributed by atoms with Crippen LogP contribution in [-0.4, -0.2) is 117 Å². The summed E-state index contributed by atoms with van der Waals surface area (Å²) in [5, 5.41) is 14.2. The van der Waals surface area contributed by atoms with Crippen LogP contribution in [-0.2, 0) is 21.1 Å². The molecular formula is C40H77N5O5. The molecule has 0 aliphatic rings. The Morgan fingerprint density at radius 2 is 1.10 bits per heavy atom. The number of hydrogen-bond donors (Lipinski definition) is 1. The van der Waals surface area contributed by atoms with Crippen molar-refractivity contribution in [2.45, 2.75) is 126 Å². The molecule has 0 spiro atoms. The van der Waals surface area contributed by atoms with Gasteiger partial charge in [-0.1, -0.05) is 37.3 Å². The first kappa shape index (κ1) is 51.8. The minimum Gasteiger partial charge on any atom is -0.478 e. The smallest absolute Gasteiger partial charge is 0.335 e. The van der Waals surface area contributed by atoms with Crippen LogP contribution in [0.1, 0.15) is 105 Å². The van der Waals surface area contributed by atoms with Gasteiger partial charge in [-0.2, -0.15) is 15.2 Å². The predicted molar refractivity (Wildman–Crippen MR) is 214 cm³/mol. The van der Waals surface area contributed by atoms with Gasteiger partial charge in [-0.3, -0.25) is 14.6 Å². The number of aromatic carboxylic acids is 1. The number of rotatable bonds is 15. The van der Waals surface area contributed by atoms with Gasteiger partial charge in [0.2, 0.25) is 0 Å². The monoisotopic (exact) mass is 708 g/mol. The first-order chi connectivity index (χ1) is 23.3. The summed E-state index contributed by atoms with van der Waals surface area (Å²) in [6, 6.07) is 19.9. The Morgan fingerprint density at radius 3 is 1.40 bits per heavy atom. The summed E-state index contributed by atoms with van der Waals surface area (Å²) in [5.41, 5.74) is 2.74. The Bertz CT molecular complexity index is 1040. The number of hydrogen-bond acceptors (Lipinski definition) is 9. The summed E-state index contributed by atoms with van der Waals surface area (Å²) < 4.78 is 0. The van der Waals surface area contributed by atoms with Crippen molar-refractivity contribution < 1.29 is 24.4 Å². The summed E-state index contributed by atoms with van der Waals surface area (Å²) in [6.07, 6.45) is 1.08. The zero-order chi connectivity index (χ0) is 39.4. The van der Waals surface area contributed by atoms with Crippen LogP contribution in [0.25, 0.3) is 0 Å². The molecule has 0 radical (unpaired) electrons. The Balaban J connectivity index is -0.000000567. The minimum absolute atomic E-state index is 0.325. The molecule has 50 heavy (non-hydrogen) atoms. The zero-order valence-electron chi connectivity index (χ0n) is 35.2. The molecule has 0 bridgehead atoms. The lowest BCUT2D eigenvalue weighted by Crippen LogP contribution is -2.26. The maximum atomic E-state index is 10.6. The van der Waals surface area contributed by atoms with E-state index in [1.165, 1.54) is 5.56 Å². The third-order valence-corrected chi connectivity index (χ3v) is 7.75. The molecule has 0 unspecified atom stereocenters. The van der Waals surface area contributed by atoms with Crippen LogP contribution >= 0.6 is 0 Å². The first-order valence-electron chi connectivity index (χ1n) is 18.1. The van der Waals surface area contributed by atoms with Crippen molar-refractivity contribution in [1.82, 2.24) is 20.1 Å². The molecule has 0 aliphatic carbocycles. The van der Waals surface area contributed by atoms with E-state index in [4.69, 9.17) is 19.6 Å². The first-order valence-corrected chi connectivity index (χ1v) is 18.1. The van der Waals surface area contributed by atoms with Crippen molar-refractivity contribution in [3.8, 4) is 0 Å². The number of carboxylic acid groups (broad SMARTS) is 1. The lowest BCUT2D eigenvalue weighted by Gasteiger charge is -2.23. The minimum atomic E-state index is -0.885. The fourth-order valence-electron chi connectivity index (χ4n) is 3.14. The molecule has 0 atom stereocenters. The standard InChI is InChI=1S/C11H15NO2.C11H17N.C7H17NO.C6H15NO.C5H13NO/c1-8(2)12(3)10-6-4-9(5-7-10)11(13)14;1-10(2)12(3)9-11-7-5-4-6-8-11;1-5-6-9-8(4)7(2)3;1-5-8-7(4)6(2)3;1-5(2)6(3)7-4/h4-8H,1-3H3,(H,13,14);4-8,10H,9H2,1-3H3;7H,5-6H2,1-4H3;6H,5H2,1-4H3;5H,1-4H3. The van der Waals surface area contributed by atoms with Crippen LogP contribution < -0.4 is 4.90 Å². The van der Waals surface area contributed by atoms with Crippen LogP contribution in [0.2, 0.25) is 0 Å². The quantitative estimate of drug-likeness (QED) is 0.182. The highest BCUT2D eigenvalue weighted by molar-refractivity contribution is 5.88. The molecule has 0 saturated heterocycles. The number of anilines is 1. The molecule has 10 heteroatoms. The lowest BCUT2D eigenvalue weighted by molar-refractivity contribution is -0.159. The van der Waals surface area contributed by atoms with E-state index >= 15 is 0 Å². The van der Waals surface area contributed by atoms with Gasteiger partial charge in [0.1, 0.15) is 0 Å². The fraction of sp³-hybridized carbons (Fsp3) is 0.675. The number of benzene rings is 2. The van der Waals surface area contributed by atoms with Crippen LogP contribution in [0.3, 0.4) is 0 Å². The maximum Gasteiger partial charge on any atom is 0.335 e. The second kappa shape index (κ2) is 31.2. The summed E-state index contributed by atoms with van der Waals surface area (Å²) in [6.45, 7) is 27.9. The number of hydroxylamine groups is 6. The van der Waals surface area contributed by atoms with E-state index in [2.05, 4.69) is 123 Å². The van der Waals surface area contributed by atoms with E-state index in [9.17, 15) is 4.79 Å². The summed E-state index contributed by atoms with van der Waals surface area (Å²) in [7, 11) is 11.6. The second-order valence-electron chi connectivity index (χ2n) is 13.4. The Hall–Kier alpha value is -2.57. The number of carboxylic acids is 1. The maximum absolute atomic E-state index is 10.6. The van der Waals surface area contributed by atoms with Gasteiger partial charge >= 0.3 is 5.97 Å². The summed E-state index contributed by atoms with van der Waals surface area (Å²) in [5.74, 6) is -0.885. The average molecular weight is 708 g/mol. The SMILES string of the molecule is CC(C)N(C)Cc1ccccc1.CC(C)N(C)c1ccc(C(=O)O)cc1.CCCON(C)C(C)C.CCON(C)C(C)C.CON(C)C(C)C. The summed E-state index contributed by atoms with van der Waals surface area (Å²) in [4.78, 5) is 30.3. The van der Waals surface area contributed by atoms with Crippen molar-refractivity contribution in [2.24, 2.45) is 0 Å². The summed E-state index contributed by atoms with van der Waals surface area (Å²) >= 11 is 0. The van der Waals surface area contributed by atoms with Crippen LogP contribution in [0.15, 0.2) is 54.6 Å². The predicted octanol–water partition coefficient (Wildman–Crippen LogP) is 8.59. The van der Waals surface area contributed by atoms with E-state index in [1.807, 2.05) is 57.4 Å². The van der Waals surface area contributed by atoms with Gasteiger partial charge in [-0.05, 0) is 119 Å². The average Bonchev–Trinajstić information content (AvgIpc) is 3.07. The third kappa shape index (κ3) is 28.2. The Morgan fingerprint density at radius 1 is 0.640 bits per heavy atom. The largest absolute Gasteiger partial charge is 0.478 e. The molecule has 292 valence electrons. The topological polar surface area (TPSA) is 81.2 Å². The van der Waals surface area contributed by atoms with Crippen molar-refractivity contribution in [3.05, 3.63) is 65.7 Å². The molecular weight excluding hydrogens is 630 g/mol. The number of nitrogens with zero attached hydrogens (tertiary/aromatic N) is 5. The highest BCUT2D eigenvalue weighted by Gasteiger charge is 2.07. The van der Waals surface area contributed by atoms with E-state index < -0.39 is 5.97 Å². The third-order valence-electron chi connectivity index (χ3n) is 7.75. The Labute approximate surface area is 308 Å². The molecule has 0 heterocycles. The van der Waals surface area contributed by atoms with Crippen molar-refractivity contribution >= 4 is 11.7 Å². The van der Waals surface area contributed by atoms with E-state index in [-0.39, 0.29) is 0 Å². The van der Waals surface area contributed by atoms with Crippen LogP contribution in [0.5, 0.6) is 0 Å². The molecule has 1 N–H and O–H groups in total. The second-order valence-corrected chi connectivity index (χ2v) is 13.4. The molecule has 0 saturated carbocycles. The van der Waals surface area contributed by atoms with Crippen LogP contribution in [0.4, 0.5) is 5.69 Å². The van der Waals surface area contributed by atoms with Crippen LogP contribution in [0, 0.1) is 0 Å². The normalized spacial score (nSPS) is 10.9. The Kier molecular flexibility index (Phi) is 32.3. The zero-order valence-corrected chi connectivity index (χ0v) is 35.2. The molecule has 10 nitrogen and oxygen atoms in total. The molecule has 0 aromatic heterocycles. The molecule has 0 fully saturated rings. The van der Waals surface area contributed by atoms with Gasteiger partial charge in [0.25, 0.3) is 0 Å². The molecule has 0 amide bonds. The van der Waals surface area contributed by atoms with E-state index in [1.54, 1.807) is 24.3 Å². The fourth-order valence-corrected chi connectivity index (χ4v) is 3.14. The van der Waals surface area contributed by atoms with E-state index in [0.717, 1.165) is 31.9 Å². The van der Waals surface area contributed by atoms with Gasteiger partial charge in [-0.15, -0.1) is 0 Å². The van der Waals surface area contributed by atoms with Gasteiger partial charge in [0.05, 0.1) is 25.9 Å². The lowest BCUT2D eigenvalue weighted by atomic mass is 10.2. The van der Waals surface area contributed by atoms with Crippen molar-refractivity contribution in [2.75, 3.05) is 60.5 Å². The van der Waals surface area contributed by atoms with Crippen molar-refractivity contribution in [1.29, 1.82) is 0 Å². The van der Waals surface area contributed by atoms with E-state index in [0.29, 0.717) is 35.8 Å².